The highest BCUT2D eigenvalue weighted by atomic mass is 32.1. The van der Waals surface area contributed by atoms with Crippen LogP contribution in [0.2, 0.25) is 0 Å². The first-order chi connectivity index (χ1) is 12.1. The molecule has 3 rings (SSSR count). The van der Waals surface area contributed by atoms with Gasteiger partial charge in [0.25, 0.3) is 5.91 Å². The lowest BCUT2D eigenvalue weighted by molar-refractivity contribution is -0.127. The van der Waals surface area contributed by atoms with E-state index >= 15 is 0 Å². The molecular formula is C19H17FN2O2S. The van der Waals surface area contributed by atoms with Gasteiger partial charge in [-0.2, -0.15) is 0 Å². The van der Waals surface area contributed by atoms with Crippen molar-refractivity contribution in [3.8, 4) is 16.3 Å². The Balaban J connectivity index is 1.53. The molecule has 0 aliphatic carbocycles. The minimum atomic E-state index is -0.683. The molecule has 6 heteroatoms. The summed E-state index contributed by atoms with van der Waals surface area (Å²) in [5.41, 5.74) is 1.85. The fourth-order valence-corrected chi connectivity index (χ4v) is 3.02. The Morgan fingerprint density at radius 2 is 1.92 bits per heavy atom. The molecule has 0 radical (unpaired) electrons. The first-order valence-electron chi connectivity index (χ1n) is 7.81. The summed E-state index contributed by atoms with van der Waals surface area (Å²) in [6, 6.07) is 15.5. The van der Waals surface area contributed by atoms with Gasteiger partial charge in [-0.3, -0.25) is 4.79 Å². The standard InChI is InChI=1S/C19H17FN2O2S/c1-13(24-17-9-7-15(20)8-10-17)18(23)21-11-16-12-25-19(22-16)14-5-3-2-4-6-14/h2-10,12-13H,11H2,1H3,(H,21,23)/t13-/m1/s1. The van der Waals surface area contributed by atoms with E-state index in [0.29, 0.717) is 12.3 Å². The molecule has 1 N–H and O–H groups in total. The second-order valence-electron chi connectivity index (χ2n) is 5.44. The summed E-state index contributed by atoms with van der Waals surface area (Å²) in [5.74, 6) is -0.148. The average molecular weight is 356 g/mol. The Kier molecular flexibility index (Phi) is 5.40. The monoisotopic (exact) mass is 356 g/mol. The maximum absolute atomic E-state index is 12.9. The third-order valence-electron chi connectivity index (χ3n) is 3.51. The quantitative estimate of drug-likeness (QED) is 0.725. The second-order valence-corrected chi connectivity index (χ2v) is 6.30. The normalized spacial score (nSPS) is 11.8. The van der Waals surface area contributed by atoms with Gasteiger partial charge in [0.1, 0.15) is 16.6 Å². The molecule has 0 unspecified atom stereocenters. The van der Waals surface area contributed by atoms with Crippen LogP contribution in [0, 0.1) is 5.82 Å². The Morgan fingerprint density at radius 1 is 1.20 bits per heavy atom. The van der Waals surface area contributed by atoms with Crippen LogP contribution in [0.15, 0.2) is 60.0 Å². The lowest BCUT2D eigenvalue weighted by Crippen LogP contribution is -2.35. The SMILES string of the molecule is C[C@@H](Oc1ccc(F)cc1)C(=O)NCc1csc(-c2ccccc2)n1. The first-order valence-corrected chi connectivity index (χ1v) is 8.69. The van der Waals surface area contributed by atoms with Gasteiger partial charge in [-0.15, -0.1) is 11.3 Å². The van der Waals surface area contributed by atoms with Crippen molar-refractivity contribution in [3.05, 3.63) is 71.5 Å². The number of rotatable bonds is 6. The molecular weight excluding hydrogens is 339 g/mol. The third kappa shape index (κ3) is 4.64. The van der Waals surface area contributed by atoms with Gasteiger partial charge in [-0.1, -0.05) is 30.3 Å². The molecule has 0 aliphatic heterocycles. The average Bonchev–Trinajstić information content (AvgIpc) is 3.11. The maximum atomic E-state index is 12.9. The van der Waals surface area contributed by atoms with Gasteiger partial charge in [0.05, 0.1) is 12.2 Å². The Labute approximate surface area is 149 Å². The number of amides is 1. The van der Waals surface area contributed by atoms with Crippen LogP contribution < -0.4 is 10.1 Å². The second kappa shape index (κ2) is 7.90. The van der Waals surface area contributed by atoms with Crippen LogP contribution in [0.1, 0.15) is 12.6 Å². The number of carbonyl (C=O) groups excluding carboxylic acids is 1. The zero-order chi connectivity index (χ0) is 17.6. The first kappa shape index (κ1) is 17.1. The number of nitrogens with zero attached hydrogens (tertiary/aromatic N) is 1. The highest BCUT2D eigenvalue weighted by molar-refractivity contribution is 7.13. The van der Waals surface area contributed by atoms with Crippen LogP contribution in [0.25, 0.3) is 10.6 Å². The highest BCUT2D eigenvalue weighted by Gasteiger charge is 2.15. The largest absolute Gasteiger partial charge is 0.481 e. The van der Waals surface area contributed by atoms with E-state index in [2.05, 4.69) is 10.3 Å². The topological polar surface area (TPSA) is 51.2 Å². The van der Waals surface area contributed by atoms with Gasteiger partial charge < -0.3 is 10.1 Å². The number of benzene rings is 2. The number of carbonyl (C=O) groups is 1. The summed E-state index contributed by atoms with van der Waals surface area (Å²) in [5, 5.41) is 5.64. The van der Waals surface area contributed by atoms with Gasteiger partial charge in [0.15, 0.2) is 6.10 Å². The predicted octanol–water partition coefficient (Wildman–Crippen LogP) is 4.03. The lowest BCUT2D eigenvalue weighted by Gasteiger charge is -2.14. The van der Waals surface area contributed by atoms with Crippen LogP contribution in [-0.4, -0.2) is 17.0 Å². The van der Waals surface area contributed by atoms with Crippen LogP contribution in [0.4, 0.5) is 4.39 Å². The van der Waals surface area contributed by atoms with Gasteiger partial charge in [-0.25, -0.2) is 9.37 Å². The molecule has 1 amide bonds. The molecule has 0 fully saturated rings. The number of aromatic nitrogens is 1. The van der Waals surface area contributed by atoms with Crippen LogP contribution in [0.3, 0.4) is 0 Å². The van der Waals surface area contributed by atoms with Crippen molar-refractivity contribution < 1.29 is 13.9 Å². The fraction of sp³-hybridized carbons (Fsp3) is 0.158. The molecule has 3 aromatic rings. The van der Waals surface area contributed by atoms with Gasteiger partial charge in [-0.05, 0) is 31.2 Å². The number of halogens is 1. The summed E-state index contributed by atoms with van der Waals surface area (Å²) in [4.78, 5) is 16.7. The van der Waals surface area contributed by atoms with Crippen molar-refractivity contribution >= 4 is 17.2 Å². The molecule has 0 bridgehead atoms. The third-order valence-corrected chi connectivity index (χ3v) is 4.45. The fourth-order valence-electron chi connectivity index (χ4n) is 2.19. The van der Waals surface area contributed by atoms with E-state index in [9.17, 15) is 9.18 Å². The molecule has 1 heterocycles. The maximum Gasteiger partial charge on any atom is 0.261 e. The molecule has 25 heavy (non-hydrogen) atoms. The molecule has 0 saturated heterocycles. The summed E-state index contributed by atoms with van der Waals surface area (Å²) < 4.78 is 18.4. The van der Waals surface area contributed by atoms with Crippen molar-refractivity contribution in [1.82, 2.24) is 10.3 Å². The summed E-state index contributed by atoms with van der Waals surface area (Å²) in [6.07, 6.45) is -0.683. The Morgan fingerprint density at radius 3 is 2.64 bits per heavy atom. The van der Waals surface area contributed by atoms with Crippen molar-refractivity contribution in [2.75, 3.05) is 0 Å². The number of thiazole rings is 1. The van der Waals surface area contributed by atoms with Gasteiger partial charge in [0.2, 0.25) is 0 Å². The molecule has 128 valence electrons. The summed E-state index contributed by atoms with van der Waals surface area (Å²) in [7, 11) is 0. The lowest BCUT2D eigenvalue weighted by atomic mass is 10.2. The Bertz CT molecular complexity index is 834. The van der Waals surface area contributed by atoms with E-state index in [-0.39, 0.29) is 11.7 Å². The van der Waals surface area contributed by atoms with E-state index < -0.39 is 6.10 Å². The number of hydrogen-bond donors (Lipinski definition) is 1. The molecule has 0 saturated carbocycles. The molecule has 0 spiro atoms. The van der Waals surface area contributed by atoms with E-state index in [1.807, 2.05) is 35.7 Å². The van der Waals surface area contributed by atoms with E-state index in [1.165, 1.54) is 35.6 Å². The minimum Gasteiger partial charge on any atom is -0.481 e. The van der Waals surface area contributed by atoms with Crippen molar-refractivity contribution in [1.29, 1.82) is 0 Å². The zero-order valence-electron chi connectivity index (χ0n) is 13.6. The number of hydrogen-bond acceptors (Lipinski definition) is 4. The van der Waals surface area contributed by atoms with Crippen LogP contribution in [0.5, 0.6) is 5.75 Å². The van der Waals surface area contributed by atoms with Gasteiger partial charge >= 0.3 is 0 Å². The summed E-state index contributed by atoms with van der Waals surface area (Å²) in [6.45, 7) is 1.98. The molecule has 1 atom stereocenters. The molecule has 4 nitrogen and oxygen atoms in total. The summed E-state index contributed by atoms with van der Waals surface area (Å²) >= 11 is 1.54. The molecule has 1 aromatic heterocycles. The smallest absolute Gasteiger partial charge is 0.261 e. The molecule has 2 aromatic carbocycles. The van der Waals surface area contributed by atoms with Gasteiger partial charge in [0, 0.05) is 10.9 Å². The van der Waals surface area contributed by atoms with Crippen molar-refractivity contribution in [2.24, 2.45) is 0 Å². The van der Waals surface area contributed by atoms with E-state index in [1.54, 1.807) is 6.92 Å². The minimum absolute atomic E-state index is 0.251. The number of nitrogens with one attached hydrogen (secondary N) is 1. The zero-order valence-corrected chi connectivity index (χ0v) is 14.4. The number of ether oxygens (including phenoxy) is 1. The highest BCUT2D eigenvalue weighted by Crippen LogP contribution is 2.23. The Hall–Kier alpha value is -2.73. The molecule has 0 aliphatic rings. The van der Waals surface area contributed by atoms with E-state index in [4.69, 9.17) is 4.74 Å². The van der Waals surface area contributed by atoms with Crippen molar-refractivity contribution in [2.45, 2.75) is 19.6 Å². The van der Waals surface area contributed by atoms with E-state index in [0.717, 1.165) is 16.3 Å². The van der Waals surface area contributed by atoms with Crippen LogP contribution in [-0.2, 0) is 11.3 Å². The predicted molar refractivity (Wildman–Crippen MR) is 95.9 cm³/mol. The van der Waals surface area contributed by atoms with Crippen molar-refractivity contribution in [3.63, 3.8) is 0 Å². The van der Waals surface area contributed by atoms with Crippen LogP contribution >= 0.6 is 11.3 Å².